The number of aliphatic hydroxyl groups excluding tert-OH is 1. The predicted molar refractivity (Wildman–Crippen MR) is 213 cm³/mol. The summed E-state index contributed by atoms with van der Waals surface area (Å²) in [6.07, 6.45) is 6.87. The Balaban J connectivity index is 0.000000347. The Morgan fingerprint density at radius 1 is 0.898 bits per heavy atom. The van der Waals surface area contributed by atoms with Gasteiger partial charge in [0.15, 0.2) is 5.78 Å². The minimum Gasteiger partial charge on any atom is -0.512 e. The number of aromatic nitrogens is 1. The number of carbonyl (C=O) groups excluding carboxylic acids is 1. The number of aryl methyl sites for hydroxylation is 1. The minimum absolute atomic E-state index is 0. The van der Waals surface area contributed by atoms with Gasteiger partial charge in [-0.15, -0.1) is 40.5 Å². The van der Waals surface area contributed by atoms with Crippen LogP contribution in [0.1, 0.15) is 90.8 Å². The van der Waals surface area contributed by atoms with Crippen LogP contribution in [0.15, 0.2) is 66.6 Å². The van der Waals surface area contributed by atoms with E-state index in [-0.39, 0.29) is 48.9 Å². The van der Waals surface area contributed by atoms with E-state index in [0.717, 1.165) is 42.3 Å². The number of pyridine rings is 1. The number of benzene rings is 3. The van der Waals surface area contributed by atoms with Gasteiger partial charge in [0.1, 0.15) is 0 Å². The number of aliphatic hydroxyl groups is 1. The Bertz CT molecular complexity index is 1920. The number of hydrogen-bond acceptors (Lipinski definition) is 4. The first-order valence-corrected chi connectivity index (χ1v) is 22.4. The molecule has 0 saturated carbocycles. The Morgan fingerprint density at radius 3 is 2.10 bits per heavy atom. The summed E-state index contributed by atoms with van der Waals surface area (Å²) in [7, 11) is -1.18. The zero-order valence-corrected chi connectivity index (χ0v) is 35.7. The molecule has 0 aliphatic rings. The maximum Gasteiger partial charge on any atom is 0.162 e. The second-order valence-electron chi connectivity index (χ2n) is 15.5. The van der Waals surface area contributed by atoms with Crippen LogP contribution in [0.4, 0.5) is 0 Å². The standard InChI is InChI=1S/C30H32NSSi.C13H24O2.Ir/c1-19-21(18-33(5,6)7)12-13-24-25-14-15-31-27(29(25)32-28(19)24)22-16-20-10-8-9-11-23(20)26(17-22)30(2,3)4;1-5-10(6-2)12(14)9-13(15)11(7-3)8-4;/h8-15,17H,18H2,1-7H3;9-11,14H,5-8H2,1-4H3;/q-1;;/b;12-9-;. The molecule has 0 aliphatic carbocycles. The first-order valence-electron chi connectivity index (χ1n) is 17.8. The second kappa shape index (κ2) is 17.1. The topological polar surface area (TPSA) is 50.2 Å². The fraction of sp³-hybridized carbons (Fsp3) is 0.442. The van der Waals surface area contributed by atoms with Gasteiger partial charge in [-0.1, -0.05) is 109 Å². The van der Waals surface area contributed by atoms with Crippen molar-refractivity contribution in [2.24, 2.45) is 11.8 Å². The van der Waals surface area contributed by atoms with Crippen molar-refractivity contribution in [2.45, 2.75) is 112 Å². The molecule has 0 saturated heterocycles. The summed E-state index contributed by atoms with van der Waals surface area (Å²) in [6.45, 7) is 24.6. The van der Waals surface area contributed by atoms with Gasteiger partial charge in [-0.05, 0) is 66.6 Å². The van der Waals surface area contributed by atoms with E-state index in [9.17, 15) is 9.90 Å². The Kier molecular flexibility index (Phi) is 14.2. The molecule has 3 aromatic carbocycles. The Morgan fingerprint density at radius 2 is 1.51 bits per heavy atom. The van der Waals surface area contributed by atoms with Crippen molar-refractivity contribution in [2.75, 3.05) is 0 Å². The number of thiophene rings is 1. The van der Waals surface area contributed by atoms with Crippen molar-refractivity contribution >= 4 is 56.1 Å². The van der Waals surface area contributed by atoms with Crippen molar-refractivity contribution in [1.29, 1.82) is 0 Å². The van der Waals surface area contributed by atoms with Crippen LogP contribution in [0.3, 0.4) is 0 Å². The molecule has 2 heterocycles. The summed E-state index contributed by atoms with van der Waals surface area (Å²) in [5, 5.41) is 14.9. The van der Waals surface area contributed by atoms with Gasteiger partial charge in [0.05, 0.1) is 5.76 Å². The zero-order chi connectivity index (χ0) is 35.4. The Hall–Kier alpha value is -2.63. The largest absolute Gasteiger partial charge is 0.512 e. The molecule has 1 N–H and O–H groups in total. The Labute approximate surface area is 314 Å². The molecule has 6 heteroatoms. The molecule has 0 bridgehead atoms. The number of nitrogens with zero attached hydrogens (tertiary/aromatic N) is 1. The molecule has 0 spiro atoms. The quantitative estimate of drug-likeness (QED) is 0.0658. The summed E-state index contributed by atoms with van der Waals surface area (Å²) in [6, 6.07) is 22.7. The van der Waals surface area contributed by atoms with E-state index in [4.69, 9.17) is 4.98 Å². The maximum absolute atomic E-state index is 11.7. The fourth-order valence-corrected chi connectivity index (χ4v) is 9.50. The van der Waals surface area contributed by atoms with Gasteiger partial charge in [0.25, 0.3) is 0 Å². The molecule has 265 valence electrons. The average Bonchev–Trinajstić information content (AvgIpc) is 3.42. The number of rotatable bonds is 10. The zero-order valence-electron chi connectivity index (χ0n) is 31.5. The summed E-state index contributed by atoms with van der Waals surface area (Å²) < 4.78 is 2.68. The van der Waals surface area contributed by atoms with Crippen LogP contribution >= 0.6 is 11.3 Å². The van der Waals surface area contributed by atoms with Crippen molar-refractivity contribution in [3.05, 3.63) is 89.3 Å². The first-order chi connectivity index (χ1) is 22.6. The molecule has 2 aromatic heterocycles. The number of ketones is 1. The van der Waals surface area contributed by atoms with E-state index >= 15 is 0 Å². The van der Waals surface area contributed by atoms with Gasteiger partial charge in [0, 0.05) is 72.8 Å². The minimum atomic E-state index is -1.18. The van der Waals surface area contributed by atoms with E-state index in [1.807, 2.05) is 45.2 Å². The molecule has 0 aliphatic heterocycles. The number of carbonyl (C=O) groups is 1. The third-order valence-electron chi connectivity index (χ3n) is 9.56. The van der Waals surface area contributed by atoms with E-state index in [1.54, 1.807) is 0 Å². The van der Waals surface area contributed by atoms with Crippen molar-refractivity contribution < 1.29 is 30.0 Å². The van der Waals surface area contributed by atoms with Crippen LogP contribution < -0.4 is 0 Å². The smallest absolute Gasteiger partial charge is 0.162 e. The van der Waals surface area contributed by atoms with Crippen LogP contribution in [-0.2, 0) is 36.4 Å². The fourth-order valence-electron chi connectivity index (χ4n) is 6.65. The van der Waals surface area contributed by atoms with Crippen LogP contribution in [0.5, 0.6) is 0 Å². The predicted octanol–water partition coefficient (Wildman–Crippen LogP) is 13.0. The van der Waals surface area contributed by atoms with Crippen molar-refractivity contribution in [3.63, 3.8) is 0 Å². The molecule has 5 rings (SSSR count). The van der Waals surface area contributed by atoms with Gasteiger partial charge in [-0.2, -0.15) is 0 Å². The SMILES string of the molecule is CCC(CC)C(=O)/C=C(\O)C(CC)CC.Cc1c(C[Si](C)(C)C)ccc2c1sc1c(-c3[c-]c4ccccc4c(C(C)(C)C)c3)nccc12.[Ir]. The van der Waals surface area contributed by atoms with Crippen molar-refractivity contribution in [3.8, 4) is 11.3 Å². The van der Waals surface area contributed by atoms with Gasteiger partial charge in [-0.3, -0.25) is 9.78 Å². The molecular formula is C43H56IrNO2SSi-. The van der Waals surface area contributed by atoms with E-state index in [2.05, 4.69) is 102 Å². The normalized spacial score (nSPS) is 12.5. The van der Waals surface area contributed by atoms with Crippen LogP contribution in [0.25, 0.3) is 42.2 Å². The van der Waals surface area contributed by atoms with Gasteiger partial charge >= 0.3 is 0 Å². The van der Waals surface area contributed by atoms with E-state index in [0.29, 0.717) is 0 Å². The van der Waals surface area contributed by atoms with Gasteiger partial charge < -0.3 is 5.11 Å². The van der Waals surface area contributed by atoms with E-state index in [1.165, 1.54) is 54.4 Å². The number of allylic oxidation sites excluding steroid dienone is 2. The monoisotopic (exact) mass is 871 g/mol. The molecule has 0 amide bonds. The van der Waals surface area contributed by atoms with Gasteiger partial charge in [-0.25, -0.2) is 0 Å². The summed E-state index contributed by atoms with van der Waals surface area (Å²) in [4.78, 5) is 16.6. The third kappa shape index (κ3) is 9.58. The molecule has 1 radical (unpaired) electrons. The van der Waals surface area contributed by atoms with Crippen LogP contribution in [0.2, 0.25) is 19.6 Å². The third-order valence-corrected chi connectivity index (χ3v) is 12.3. The van der Waals surface area contributed by atoms with E-state index < -0.39 is 8.07 Å². The van der Waals surface area contributed by atoms with Crippen molar-refractivity contribution in [1.82, 2.24) is 4.98 Å². The first kappa shape index (κ1) is 40.8. The number of hydrogen-bond donors (Lipinski definition) is 1. The average molecular weight is 871 g/mol. The summed E-state index contributed by atoms with van der Waals surface area (Å²) in [5.74, 6) is 0.547. The molecule has 5 aromatic rings. The second-order valence-corrected chi connectivity index (χ2v) is 22.0. The molecule has 0 fully saturated rings. The van der Waals surface area contributed by atoms with Gasteiger partial charge in [0.2, 0.25) is 0 Å². The summed E-state index contributed by atoms with van der Waals surface area (Å²) in [5.41, 5.74) is 6.49. The molecule has 3 nitrogen and oxygen atoms in total. The van der Waals surface area contributed by atoms with Crippen LogP contribution in [-0.4, -0.2) is 23.9 Å². The van der Waals surface area contributed by atoms with Crippen LogP contribution in [0, 0.1) is 24.8 Å². The molecular weight excluding hydrogens is 815 g/mol. The maximum atomic E-state index is 11.7. The number of fused-ring (bicyclic) bond motifs is 4. The summed E-state index contributed by atoms with van der Waals surface area (Å²) >= 11 is 1.90. The molecule has 49 heavy (non-hydrogen) atoms. The molecule has 0 atom stereocenters. The molecule has 0 unspecified atom stereocenters.